The molecule has 0 saturated carbocycles. The van der Waals surface area contributed by atoms with Crippen LogP contribution in [0.5, 0.6) is 0 Å². The molecular formula is C14H18O. The fourth-order valence-corrected chi connectivity index (χ4v) is 2.35. The van der Waals surface area contributed by atoms with Crippen LogP contribution in [-0.4, -0.2) is 11.2 Å². The van der Waals surface area contributed by atoms with Crippen LogP contribution < -0.4 is 0 Å². The second-order valence-corrected chi connectivity index (χ2v) is 5.17. The Balaban J connectivity index is 2.30. The van der Waals surface area contributed by atoms with Crippen molar-refractivity contribution in [3.8, 4) is 0 Å². The molecule has 80 valence electrons. The molecule has 0 amide bonds. The van der Waals surface area contributed by atoms with E-state index in [2.05, 4.69) is 26.0 Å². The second kappa shape index (κ2) is 3.82. The molecule has 0 bridgehead atoms. The zero-order chi connectivity index (χ0) is 10.9. The lowest BCUT2D eigenvalue weighted by molar-refractivity contribution is 0.146. The smallest absolute Gasteiger partial charge is 0.0732 e. The minimum absolute atomic E-state index is 0.208. The van der Waals surface area contributed by atoms with Crippen molar-refractivity contribution in [2.45, 2.75) is 32.8 Å². The van der Waals surface area contributed by atoms with E-state index in [1.165, 1.54) is 11.1 Å². The molecule has 15 heavy (non-hydrogen) atoms. The van der Waals surface area contributed by atoms with Crippen molar-refractivity contribution in [2.75, 3.05) is 0 Å². The van der Waals surface area contributed by atoms with Gasteiger partial charge in [0, 0.05) is 0 Å². The number of hydrogen-bond donors (Lipinski definition) is 1. The molecule has 1 N–H and O–H groups in total. The van der Waals surface area contributed by atoms with Crippen LogP contribution in [-0.2, 0) is 0 Å². The maximum Gasteiger partial charge on any atom is 0.0732 e. The molecule has 2 rings (SSSR count). The van der Waals surface area contributed by atoms with Gasteiger partial charge >= 0.3 is 0 Å². The largest absolute Gasteiger partial charge is 0.389 e. The average molecular weight is 202 g/mol. The highest BCUT2D eigenvalue weighted by Crippen LogP contribution is 2.39. The lowest BCUT2D eigenvalue weighted by Crippen LogP contribution is -2.24. The first kappa shape index (κ1) is 10.4. The van der Waals surface area contributed by atoms with Gasteiger partial charge in [0.2, 0.25) is 0 Å². The van der Waals surface area contributed by atoms with E-state index in [-0.39, 0.29) is 11.5 Å². The van der Waals surface area contributed by atoms with E-state index in [1.807, 2.05) is 24.3 Å². The third-order valence-electron chi connectivity index (χ3n) is 2.97. The molecule has 1 heteroatoms. The molecule has 1 unspecified atom stereocenters. The molecular weight excluding hydrogens is 184 g/mol. The van der Waals surface area contributed by atoms with Crippen LogP contribution in [0.1, 0.15) is 32.3 Å². The molecule has 1 aromatic rings. The Kier molecular flexibility index (Phi) is 2.66. The van der Waals surface area contributed by atoms with Crippen molar-refractivity contribution >= 4 is 5.57 Å². The van der Waals surface area contributed by atoms with Crippen molar-refractivity contribution in [1.82, 2.24) is 0 Å². The summed E-state index contributed by atoms with van der Waals surface area (Å²) in [5, 5.41) is 9.80. The Bertz CT molecular complexity index is 362. The van der Waals surface area contributed by atoms with E-state index in [0.717, 1.165) is 12.8 Å². The number of benzene rings is 1. The van der Waals surface area contributed by atoms with Gasteiger partial charge in [0.1, 0.15) is 0 Å². The summed E-state index contributed by atoms with van der Waals surface area (Å²) in [6.45, 7) is 4.43. The van der Waals surface area contributed by atoms with Gasteiger partial charge in [-0.2, -0.15) is 0 Å². The number of hydrogen-bond acceptors (Lipinski definition) is 1. The summed E-state index contributed by atoms with van der Waals surface area (Å²) >= 11 is 0. The number of aliphatic hydroxyl groups excluding tert-OH is 1. The molecule has 1 aliphatic carbocycles. The number of rotatable bonds is 1. The van der Waals surface area contributed by atoms with E-state index in [4.69, 9.17) is 0 Å². The summed E-state index contributed by atoms with van der Waals surface area (Å²) in [6, 6.07) is 10.3. The van der Waals surface area contributed by atoms with E-state index in [9.17, 15) is 5.11 Å². The lowest BCUT2D eigenvalue weighted by Gasteiger charge is -2.32. The highest BCUT2D eigenvalue weighted by molar-refractivity contribution is 5.67. The summed E-state index contributed by atoms with van der Waals surface area (Å²) in [5.74, 6) is 0. The summed E-state index contributed by atoms with van der Waals surface area (Å²) in [7, 11) is 0. The van der Waals surface area contributed by atoms with E-state index in [1.54, 1.807) is 0 Å². The van der Waals surface area contributed by atoms with Crippen LogP contribution in [0.4, 0.5) is 0 Å². The highest BCUT2D eigenvalue weighted by atomic mass is 16.3. The van der Waals surface area contributed by atoms with E-state index >= 15 is 0 Å². The first-order valence-electron chi connectivity index (χ1n) is 5.51. The van der Waals surface area contributed by atoms with Crippen LogP contribution in [0.2, 0.25) is 0 Å². The summed E-state index contributed by atoms with van der Waals surface area (Å²) in [5.41, 5.74) is 2.72. The van der Waals surface area contributed by atoms with Gasteiger partial charge in [-0.3, -0.25) is 0 Å². The first-order valence-corrected chi connectivity index (χ1v) is 5.51. The third-order valence-corrected chi connectivity index (χ3v) is 2.97. The van der Waals surface area contributed by atoms with Gasteiger partial charge < -0.3 is 5.11 Å². The third kappa shape index (κ3) is 2.48. The average Bonchev–Trinajstić information content (AvgIpc) is 2.16. The van der Waals surface area contributed by atoms with Gasteiger partial charge in [-0.25, -0.2) is 0 Å². The fraction of sp³-hybridized carbons (Fsp3) is 0.429. The highest BCUT2D eigenvalue weighted by Gasteiger charge is 2.27. The molecule has 0 saturated heterocycles. The minimum atomic E-state index is -0.288. The number of aliphatic hydroxyl groups is 1. The van der Waals surface area contributed by atoms with Crippen LogP contribution in [0.25, 0.3) is 5.57 Å². The van der Waals surface area contributed by atoms with Gasteiger partial charge in [0.25, 0.3) is 0 Å². The zero-order valence-electron chi connectivity index (χ0n) is 9.40. The van der Waals surface area contributed by atoms with Crippen molar-refractivity contribution < 1.29 is 5.11 Å². The summed E-state index contributed by atoms with van der Waals surface area (Å²) < 4.78 is 0. The molecule has 1 aromatic carbocycles. The summed E-state index contributed by atoms with van der Waals surface area (Å²) in [4.78, 5) is 0. The Morgan fingerprint density at radius 1 is 1.20 bits per heavy atom. The topological polar surface area (TPSA) is 20.2 Å². The molecule has 0 radical (unpaired) electrons. The molecule has 1 aliphatic rings. The predicted molar refractivity (Wildman–Crippen MR) is 63.4 cm³/mol. The monoisotopic (exact) mass is 202 g/mol. The summed E-state index contributed by atoms with van der Waals surface area (Å²) in [6.07, 6.45) is 3.63. The SMILES string of the molecule is CC1(C)CC(c2ccccc2)=CC(O)C1. The van der Waals surface area contributed by atoms with Crippen molar-refractivity contribution in [3.63, 3.8) is 0 Å². The van der Waals surface area contributed by atoms with Gasteiger partial charge in [0.15, 0.2) is 0 Å². The van der Waals surface area contributed by atoms with Gasteiger partial charge in [0.05, 0.1) is 6.10 Å². The fourth-order valence-electron chi connectivity index (χ4n) is 2.35. The number of allylic oxidation sites excluding steroid dienone is 1. The molecule has 0 aromatic heterocycles. The van der Waals surface area contributed by atoms with E-state index in [0.29, 0.717) is 0 Å². The van der Waals surface area contributed by atoms with Crippen LogP contribution in [0.3, 0.4) is 0 Å². The maximum absolute atomic E-state index is 9.80. The Labute approximate surface area is 91.4 Å². The van der Waals surface area contributed by atoms with Crippen molar-refractivity contribution in [3.05, 3.63) is 42.0 Å². The molecule has 0 aliphatic heterocycles. The lowest BCUT2D eigenvalue weighted by atomic mass is 9.74. The van der Waals surface area contributed by atoms with Crippen LogP contribution >= 0.6 is 0 Å². The zero-order valence-corrected chi connectivity index (χ0v) is 9.40. The Morgan fingerprint density at radius 3 is 2.47 bits per heavy atom. The van der Waals surface area contributed by atoms with Crippen molar-refractivity contribution in [1.29, 1.82) is 0 Å². The van der Waals surface area contributed by atoms with Crippen LogP contribution in [0.15, 0.2) is 36.4 Å². The normalized spacial score (nSPS) is 24.7. The van der Waals surface area contributed by atoms with Crippen molar-refractivity contribution in [2.24, 2.45) is 5.41 Å². The maximum atomic E-state index is 9.80. The van der Waals surface area contributed by atoms with Gasteiger partial charge in [-0.15, -0.1) is 0 Å². The standard InChI is InChI=1S/C14H18O/c1-14(2)9-12(8-13(15)10-14)11-6-4-3-5-7-11/h3-8,13,15H,9-10H2,1-2H3. The molecule has 1 nitrogen and oxygen atoms in total. The molecule has 1 atom stereocenters. The Hall–Kier alpha value is -1.08. The van der Waals surface area contributed by atoms with Gasteiger partial charge in [-0.1, -0.05) is 50.3 Å². The predicted octanol–water partition coefficient (Wildman–Crippen LogP) is 3.25. The second-order valence-electron chi connectivity index (χ2n) is 5.17. The Morgan fingerprint density at radius 2 is 1.87 bits per heavy atom. The van der Waals surface area contributed by atoms with E-state index < -0.39 is 0 Å². The molecule has 0 heterocycles. The van der Waals surface area contributed by atoms with Gasteiger partial charge in [-0.05, 0) is 29.4 Å². The van der Waals surface area contributed by atoms with Crippen LogP contribution in [0, 0.1) is 5.41 Å². The molecule has 0 fully saturated rings. The quantitative estimate of drug-likeness (QED) is 0.741. The minimum Gasteiger partial charge on any atom is -0.389 e. The first-order chi connectivity index (χ1) is 7.07. The molecule has 0 spiro atoms.